The average Bonchev–Trinajstić information content (AvgIpc) is 2.76. The van der Waals surface area contributed by atoms with Crippen LogP contribution >= 0.6 is 15.9 Å². The van der Waals surface area contributed by atoms with E-state index in [1.807, 2.05) is 6.92 Å². The number of amides is 2. The van der Waals surface area contributed by atoms with E-state index in [0.29, 0.717) is 11.0 Å². The number of carbonyl (C=O) groups is 2. The second kappa shape index (κ2) is 9.74. The maximum Gasteiger partial charge on any atom is 0.259 e. The normalized spacial score (nSPS) is 19.7. The SMILES string of the molecule is C[C@H](CO)N1C[C@H](C)[C@@H](CN(C)C(=O)c2ccccc2F)Oc2ncc(Br)cc2C1=O. The number of nitrogens with zero attached hydrogens (tertiary/aromatic N) is 3. The summed E-state index contributed by atoms with van der Waals surface area (Å²) in [5.74, 6) is -1.36. The maximum absolute atomic E-state index is 14.1. The summed E-state index contributed by atoms with van der Waals surface area (Å²) in [6, 6.07) is 7.04. The van der Waals surface area contributed by atoms with Crippen LogP contribution < -0.4 is 4.74 Å². The van der Waals surface area contributed by atoms with Crippen molar-refractivity contribution in [3.8, 4) is 5.88 Å². The van der Waals surface area contributed by atoms with Crippen molar-refractivity contribution >= 4 is 27.7 Å². The highest BCUT2D eigenvalue weighted by atomic mass is 79.9. The van der Waals surface area contributed by atoms with E-state index in [1.165, 1.54) is 29.3 Å². The highest BCUT2D eigenvalue weighted by Crippen LogP contribution is 2.28. The highest BCUT2D eigenvalue weighted by Gasteiger charge is 2.34. The molecule has 7 nitrogen and oxygen atoms in total. The van der Waals surface area contributed by atoms with Gasteiger partial charge in [-0.1, -0.05) is 19.1 Å². The molecule has 0 fully saturated rings. The Morgan fingerprint density at radius 1 is 1.45 bits per heavy atom. The van der Waals surface area contributed by atoms with Crippen molar-refractivity contribution in [2.24, 2.45) is 5.92 Å². The predicted octanol–water partition coefficient (Wildman–Crippen LogP) is 2.98. The van der Waals surface area contributed by atoms with E-state index in [1.54, 1.807) is 31.0 Å². The van der Waals surface area contributed by atoms with Crippen LogP contribution in [0.25, 0.3) is 0 Å². The van der Waals surface area contributed by atoms with Crippen molar-refractivity contribution in [3.63, 3.8) is 0 Å². The van der Waals surface area contributed by atoms with E-state index in [9.17, 15) is 19.1 Å². The molecule has 3 rings (SSSR count). The molecule has 2 aromatic rings. The number of aromatic nitrogens is 1. The minimum atomic E-state index is -0.587. The molecular weight excluding hydrogens is 469 g/mol. The molecule has 1 N–H and O–H groups in total. The van der Waals surface area contributed by atoms with Gasteiger partial charge in [-0.15, -0.1) is 0 Å². The standard InChI is InChI=1S/C22H25BrFN3O4/c1-13-10-27(14(2)12-28)22(30)17-8-15(23)9-25-20(17)31-19(13)11-26(3)21(29)16-6-4-5-7-18(16)24/h4-9,13-14,19,28H,10-12H2,1-3H3/t13-,14+,19+/m0/s1. The molecule has 0 saturated heterocycles. The number of hydrogen-bond donors (Lipinski definition) is 1. The molecule has 0 radical (unpaired) electrons. The molecule has 31 heavy (non-hydrogen) atoms. The van der Waals surface area contributed by atoms with Crippen molar-refractivity contribution in [3.05, 3.63) is 57.9 Å². The quantitative estimate of drug-likeness (QED) is 0.692. The Morgan fingerprint density at radius 2 is 2.16 bits per heavy atom. The van der Waals surface area contributed by atoms with Crippen LogP contribution in [0.1, 0.15) is 34.6 Å². The molecule has 0 aliphatic carbocycles. The molecule has 1 aromatic carbocycles. The summed E-state index contributed by atoms with van der Waals surface area (Å²) in [4.78, 5) is 33.1. The summed E-state index contributed by atoms with van der Waals surface area (Å²) in [7, 11) is 1.58. The first kappa shape index (κ1) is 23.1. The molecule has 0 bridgehead atoms. The Kier molecular flexibility index (Phi) is 7.27. The number of aliphatic hydroxyl groups is 1. The molecule has 1 aliphatic rings. The molecule has 0 unspecified atom stereocenters. The number of pyridine rings is 1. The van der Waals surface area contributed by atoms with Gasteiger partial charge in [-0.3, -0.25) is 9.59 Å². The molecular formula is C22H25BrFN3O4. The van der Waals surface area contributed by atoms with E-state index >= 15 is 0 Å². The van der Waals surface area contributed by atoms with Crippen LogP contribution in [-0.2, 0) is 0 Å². The first-order valence-corrected chi connectivity index (χ1v) is 10.8. The zero-order chi connectivity index (χ0) is 22.7. The Bertz CT molecular complexity index is 974. The number of aliphatic hydroxyl groups excluding tert-OH is 1. The van der Waals surface area contributed by atoms with Crippen molar-refractivity contribution in [1.29, 1.82) is 0 Å². The van der Waals surface area contributed by atoms with Gasteiger partial charge in [0.05, 0.1) is 24.8 Å². The molecule has 0 spiro atoms. The van der Waals surface area contributed by atoms with Crippen LogP contribution in [0.3, 0.4) is 0 Å². The lowest BCUT2D eigenvalue weighted by atomic mass is 10.00. The van der Waals surface area contributed by atoms with Gasteiger partial charge >= 0.3 is 0 Å². The van der Waals surface area contributed by atoms with E-state index < -0.39 is 23.9 Å². The third kappa shape index (κ3) is 5.04. The minimum absolute atomic E-state index is 0.0170. The Balaban J connectivity index is 1.91. The Labute approximate surface area is 189 Å². The molecule has 0 saturated carbocycles. The van der Waals surface area contributed by atoms with Crippen molar-refractivity contribution in [2.45, 2.75) is 26.0 Å². The van der Waals surface area contributed by atoms with E-state index in [0.717, 1.165) is 0 Å². The van der Waals surface area contributed by atoms with Gasteiger partial charge in [0.2, 0.25) is 5.88 Å². The van der Waals surface area contributed by atoms with Gasteiger partial charge in [0.1, 0.15) is 17.5 Å². The fourth-order valence-corrected chi connectivity index (χ4v) is 3.82. The summed E-state index contributed by atoms with van der Waals surface area (Å²) >= 11 is 3.33. The van der Waals surface area contributed by atoms with E-state index in [-0.39, 0.29) is 42.0 Å². The first-order valence-electron chi connectivity index (χ1n) is 9.97. The zero-order valence-corrected chi connectivity index (χ0v) is 19.2. The fourth-order valence-electron chi connectivity index (χ4n) is 3.49. The molecule has 1 aromatic heterocycles. The van der Waals surface area contributed by atoms with Gasteiger partial charge in [-0.25, -0.2) is 9.37 Å². The van der Waals surface area contributed by atoms with Crippen molar-refractivity contribution in [1.82, 2.24) is 14.8 Å². The summed E-state index contributed by atoms with van der Waals surface area (Å²) in [5.41, 5.74) is 0.256. The number of fused-ring (bicyclic) bond motifs is 1. The Morgan fingerprint density at radius 3 is 2.84 bits per heavy atom. The smallest absolute Gasteiger partial charge is 0.259 e. The molecule has 2 heterocycles. The van der Waals surface area contributed by atoms with Crippen LogP contribution in [0.15, 0.2) is 41.0 Å². The number of likely N-dealkylation sites (N-methyl/N-ethyl adjacent to an activating group) is 1. The van der Waals surface area contributed by atoms with Crippen molar-refractivity contribution in [2.75, 3.05) is 26.7 Å². The van der Waals surface area contributed by atoms with Gasteiger partial charge in [0.15, 0.2) is 0 Å². The molecule has 9 heteroatoms. The molecule has 3 atom stereocenters. The second-order valence-electron chi connectivity index (χ2n) is 7.79. The van der Waals surface area contributed by atoms with E-state index in [2.05, 4.69) is 20.9 Å². The maximum atomic E-state index is 14.1. The number of ether oxygens (including phenoxy) is 1. The lowest BCUT2D eigenvalue weighted by Gasteiger charge is -2.37. The Hall–Kier alpha value is -2.52. The van der Waals surface area contributed by atoms with E-state index in [4.69, 9.17) is 4.74 Å². The van der Waals surface area contributed by atoms with Crippen LogP contribution in [0.2, 0.25) is 0 Å². The monoisotopic (exact) mass is 493 g/mol. The fraction of sp³-hybridized carbons (Fsp3) is 0.409. The largest absolute Gasteiger partial charge is 0.472 e. The molecule has 166 valence electrons. The van der Waals surface area contributed by atoms with Gasteiger partial charge in [-0.2, -0.15) is 0 Å². The van der Waals surface area contributed by atoms with Gasteiger partial charge in [0, 0.05) is 30.2 Å². The van der Waals surface area contributed by atoms with Gasteiger partial charge in [-0.05, 0) is 41.1 Å². The number of carbonyl (C=O) groups excluding carboxylic acids is 2. The van der Waals surface area contributed by atoms with Crippen LogP contribution in [0.4, 0.5) is 4.39 Å². The van der Waals surface area contributed by atoms with Gasteiger partial charge in [0.25, 0.3) is 11.8 Å². The molecule has 1 aliphatic heterocycles. The summed E-state index contributed by atoms with van der Waals surface area (Å²) in [6.45, 7) is 3.97. The average molecular weight is 494 g/mol. The van der Waals surface area contributed by atoms with Gasteiger partial charge < -0.3 is 19.6 Å². The van der Waals surface area contributed by atoms with Crippen LogP contribution in [-0.4, -0.2) is 70.6 Å². The number of rotatable bonds is 5. The number of hydrogen-bond acceptors (Lipinski definition) is 5. The third-order valence-electron chi connectivity index (χ3n) is 5.39. The molecule has 2 amide bonds. The lowest BCUT2D eigenvalue weighted by Crippen LogP contribution is -2.50. The summed E-state index contributed by atoms with van der Waals surface area (Å²) < 4.78 is 20.8. The zero-order valence-electron chi connectivity index (χ0n) is 17.6. The summed E-state index contributed by atoms with van der Waals surface area (Å²) in [5, 5.41) is 9.65. The first-order chi connectivity index (χ1) is 14.7. The van der Waals surface area contributed by atoms with Crippen molar-refractivity contribution < 1.29 is 23.8 Å². The van der Waals surface area contributed by atoms with Crippen LogP contribution in [0.5, 0.6) is 5.88 Å². The highest BCUT2D eigenvalue weighted by molar-refractivity contribution is 9.10. The van der Waals surface area contributed by atoms with Crippen LogP contribution in [0, 0.1) is 11.7 Å². The predicted molar refractivity (Wildman–Crippen MR) is 116 cm³/mol. The number of benzene rings is 1. The topological polar surface area (TPSA) is 83.0 Å². The summed E-state index contributed by atoms with van der Waals surface area (Å²) in [6.07, 6.45) is 1.03. The lowest BCUT2D eigenvalue weighted by molar-refractivity contribution is 0.0312. The minimum Gasteiger partial charge on any atom is -0.472 e. The third-order valence-corrected chi connectivity index (χ3v) is 5.83. The second-order valence-corrected chi connectivity index (χ2v) is 8.71. The number of halogens is 2.